The van der Waals surface area contributed by atoms with Gasteiger partial charge >= 0.3 is 0 Å². The van der Waals surface area contributed by atoms with Gasteiger partial charge in [-0.15, -0.1) is 0 Å². The molecule has 0 aliphatic carbocycles. The van der Waals surface area contributed by atoms with Crippen LogP contribution in [0.1, 0.15) is 17.5 Å². The molecule has 0 saturated carbocycles. The van der Waals surface area contributed by atoms with E-state index in [4.69, 9.17) is 0 Å². The first-order chi connectivity index (χ1) is 9.13. The SMILES string of the molecule is Cc1cccc(N2CCN(C(=O)CCBr)CC2)c1C. The Morgan fingerprint density at radius 3 is 2.53 bits per heavy atom. The molecule has 0 bridgehead atoms. The summed E-state index contributed by atoms with van der Waals surface area (Å²) in [5.74, 6) is 0.262. The van der Waals surface area contributed by atoms with Crippen LogP contribution in [0.2, 0.25) is 0 Å². The van der Waals surface area contributed by atoms with Crippen molar-refractivity contribution in [3.63, 3.8) is 0 Å². The van der Waals surface area contributed by atoms with Crippen LogP contribution in [0, 0.1) is 13.8 Å². The van der Waals surface area contributed by atoms with Crippen LogP contribution in [0.5, 0.6) is 0 Å². The number of alkyl halides is 1. The number of halogens is 1. The summed E-state index contributed by atoms with van der Waals surface area (Å²) in [7, 11) is 0. The fraction of sp³-hybridized carbons (Fsp3) is 0.533. The number of rotatable bonds is 3. The Bertz CT molecular complexity index is 453. The molecule has 104 valence electrons. The number of hydrogen-bond acceptors (Lipinski definition) is 2. The van der Waals surface area contributed by atoms with Crippen molar-refractivity contribution in [2.75, 3.05) is 36.4 Å². The summed E-state index contributed by atoms with van der Waals surface area (Å²) >= 11 is 3.32. The third kappa shape index (κ3) is 3.30. The summed E-state index contributed by atoms with van der Waals surface area (Å²) < 4.78 is 0. The predicted molar refractivity (Wildman–Crippen MR) is 83.1 cm³/mol. The summed E-state index contributed by atoms with van der Waals surface area (Å²) in [6.07, 6.45) is 0.601. The lowest BCUT2D eigenvalue weighted by atomic mass is 10.1. The Labute approximate surface area is 123 Å². The zero-order valence-corrected chi connectivity index (χ0v) is 13.2. The quantitative estimate of drug-likeness (QED) is 0.798. The Morgan fingerprint density at radius 2 is 1.89 bits per heavy atom. The highest BCUT2D eigenvalue weighted by molar-refractivity contribution is 9.09. The molecule has 1 aromatic rings. The van der Waals surface area contributed by atoms with E-state index in [9.17, 15) is 4.79 Å². The number of piperazine rings is 1. The molecule has 0 radical (unpaired) electrons. The van der Waals surface area contributed by atoms with Crippen molar-refractivity contribution in [2.24, 2.45) is 0 Å². The first kappa shape index (κ1) is 14.4. The summed E-state index contributed by atoms with van der Waals surface area (Å²) in [5, 5.41) is 0.753. The number of carbonyl (C=O) groups excluding carboxylic acids is 1. The molecule has 1 heterocycles. The molecular formula is C15H21BrN2O. The van der Waals surface area contributed by atoms with Crippen LogP contribution < -0.4 is 4.90 Å². The van der Waals surface area contributed by atoms with Crippen LogP contribution in [0.3, 0.4) is 0 Å². The van der Waals surface area contributed by atoms with Gasteiger partial charge in [0.05, 0.1) is 0 Å². The molecule has 0 aromatic heterocycles. The maximum absolute atomic E-state index is 11.8. The molecule has 0 N–H and O–H groups in total. The number of aryl methyl sites for hydroxylation is 1. The number of hydrogen-bond donors (Lipinski definition) is 0. The van der Waals surface area contributed by atoms with Gasteiger partial charge in [-0.3, -0.25) is 4.79 Å². The number of nitrogens with zero attached hydrogens (tertiary/aromatic N) is 2. The van der Waals surface area contributed by atoms with E-state index in [1.807, 2.05) is 4.90 Å². The molecule has 0 atom stereocenters. The Balaban J connectivity index is 2.00. The zero-order chi connectivity index (χ0) is 13.8. The smallest absolute Gasteiger partial charge is 0.223 e. The highest BCUT2D eigenvalue weighted by Gasteiger charge is 2.21. The number of carbonyl (C=O) groups is 1. The second kappa shape index (κ2) is 6.42. The average Bonchev–Trinajstić information content (AvgIpc) is 2.42. The van der Waals surface area contributed by atoms with Gasteiger partial charge in [0.25, 0.3) is 0 Å². The van der Waals surface area contributed by atoms with E-state index in [1.165, 1.54) is 16.8 Å². The fourth-order valence-corrected chi connectivity index (χ4v) is 2.85. The molecule has 1 amide bonds. The molecule has 3 nitrogen and oxygen atoms in total. The van der Waals surface area contributed by atoms with E-state index < -0.39 is 0 Å². The molecule has 4 heteroatoms. The van der Waals surface area contributed by atoms with Crippen molar-refractivity contribution in [1.82, 2.24) is 4.90 Å². The summed E-state index contributed by atoms with van der Waals surface area (Å²) in [6.45, 7) is 7.84. The van der Waals surface area contributed by atoms with Gasteiger partial charge in [0.15, 0.2) is 0 Å². The molecule has 0 spiro atoms. The molecular weight excluding hydrogens is 304 g/mol. The normalized spacial score (nSPS) is 15.7. The van der Waals surface area contributed by atoms with E-state index in [1.54, 1.807) is 0 Å². The molecule has 1 aromatic carbocycles. The second-order valence-corrected chi connectivity index (χ2v) is 5.82. The van der Waals surface area contributed by atoms with Crippen molar-refractivity contribution in [1.29, 1.82) is 0 Å². The topological polar surface area (TPSA) is 23.6 Å². The van der Waals surface area contributed by atoms with Crippen molar-refractivity contribution in [3.8, 4) is 0 Å². The van der Waals surface area contributed by atoms with E-state index in [0.717, 1.165) is 31.5 Å². The van der Waals surface area contributed by atoms with Crippen molar-refractivity contribution in [2.45, 2.75) is 20.3 Å². The lowest BCUT2D eigenvalue weighted by Gasteiger charge is -2.37. The van der Waals surface area contributed by atoms with Crippen molar-refractivity contribution >= 4 is 27.5 Å². The number of anilines is 1. The van der Waals surface area contributed by atoms with Gasteiger partial charge in [0.1, 0.15) is 0 Å². The van der Waals surface area contributed by atoms with Crippen LogP contribution in [-0.2, 0) is 4.79 Å². The molecule has 1 fully saturated rings. The Hall–Kier alpha value is -1.03. The van der Waals surface area contributed by atoms with Gasteiger partial charge in [-0.05, 0) is 31.0 Å². The minimum atomic E-state index is 0.262. The number of benzene rings is 1. The largest absolute Gasteiger partial charge is 0.368 e. The van der Waals surface area contributed by atoms with E-state index in [0.29, 0.717) is 6.42 Å². The summed E-state index contributed by atoms with van der Waals surface area (Å²) in [4.78, 5) is 16.2. The van der Waals surface area contributed by atoms with E-state index in [2.05, 4.69) is 52.9 Å². The van der Waals surface area contributed by atoms with Gasteiger partial charge in [-0.25, -0.2) is 0 Å². The zero-order valence-electron chi connectivity index (χ0n) is 11.7. The van der Waals surface area contributed by atoms with Gasteiger partial charge in [0.2, 0.25) is 5.91 Å². The molecule has 0 unspecified atom stereocenters. The van der Waals surface area contributed by atoms with Crippen molar-refractivity contribution in [3.05, 3.63) is 29.3 Å². The first-order valence-electron chi connectivity index (χ1n) is 6.78. The summed E-state index contributed by atoms with van der Waals surface area (Å²) in [5.41, 5.74) is 3.99. The maximum Gasteiger partial charge on any atom is 0.223 e. The third-order valence-corrected chi connectivity index (χ3v) is 4.25. The standard InChI is InChI=1S/C15H21BrN2O/c1-12-4-3-5-14(13(12)2)17-8-10-18(11-9-17)15(19)6-7-16/h3-5H,6-11H2,1-2H3. The molecule has 1 aliphatic rings. The van der Waals surface area contributed by atoms with Gasteiger partial charge < -0.3 is 9.80 Å². The van der Waals surface area contributed by atoms with Gasteiger partial charge in [-0.1, -0.05) is 28.1 Å². The fourth-order valence-electron chi connectivity index (χ4n) is 2.51. The van der Waals surface area contributed by atoms with E-state index >= 15 is 0 Å². The van der Waals surface area contributed by atoms with Crippen LogP contribution in [-0.4, -0.2) is 42.3 Å². The Kier molecular flexibility index (Phi) is 4.86. The summed E-state index contributed by atoms with van der Waals surface area (Å²) in [6, 6.07) is 6.44. The van der Waals surface area contributed by atoms with Crippen LogP contribution in [0.25, 0.3) is 0 Å². The molecule has 1 aliphatic heterocycles. The van der Waals surface area contributed by atoms with Gasteiger partial charge in [-0.2, -0.15) is 0 Å². The van der Waals surface area contributed by atoms with Crippen LogP contribution in [0.4, 0.5) is 5.69 Å². The second-order valence-electron chi connectivity index (χ2n) is 5.03. The molecule has 19 heavy (non-hydrogen) atoms. The molecule has 1 saturated heterocycles. The minimum absolute atomic E-state index is 0.262. The average molecular weight is 325 g/mol. The third-order valence-electron chi connectivity index (χ3n) is 3.86. The number of amides is 1. The van der Waals surface area contributed by atoms with E-state index in [-0.39, 0.29) is 5.91 Å². The highest BCUT2D eigenvalue weighted by atomic mass is 79.9. The highest BCUT2D eigenvalue weighted by Crippen LogP contribution is 2.23. The first-order valence-corrected chi connectivity index (χ1v) is 7.90. The van der Waals surface area contributed by atoms with Crippen LogP contribution in [0.15, 0.2) is 18.2 Å². The lowest BCUT2D eigenvalue weighted by molar-refractivity contribution is -0.131. The monoisotopic (exact) mass is 324 g/mol. The molecule has 2 rings (SSSR count). The van der Waals surface area contributed by atoms with Gasteiger partial charge in [0, 0.05) is 43.6 Å². The minimum Gasteiger partial charge on any atom is -0.368 e. The van der Waals surface area contributed by atoms with Crippen molar-refractivity contribution < 1.29 is 4.79 Å². The van der Waals surface area contributed by atoms with Crippen LogP contribution >= 0.6 is 15.9 Å². The maximum atomic E-state index is 11.8. The lowest BCUT2D eigenvalue weighted by Crippen LogP contribution is -2.49. The predicted octanol–water partition coefficient (Wildman–Crippen LogP) is 2.74. The Morgan fingerprint density at radius 1 is 1.21 bits per heavy atom.